The number of amides is 2. The van der Waals surface area contributed by atoms with E-state index in [2.05, 4.69) is 0 Å². The first-order valence-corrected chi connectivity index (χ1v) is 9.92. The smallest absolute Gasteiger partial charge is 0.268 e. The number of furan rings is 1. The Morgan fingerprint density at radius 2 is 1.82 bits per heavy atom. The van der Waals surface area contributed by atoms with Crippen molar-refractivity contribution in [2.75, 3.05) is 20.8 Å². The van der Waals surface area contributed by atoms with Gasteiger partial charge < -0.3 is 13.9 Å². The van der Waals surface area contributed by atoms with Gasteiger partial charge in [-0.25, -0.2) is 0 Å². The summed E-state index contributed by atoms with van der Waals surface area (Å²) < 4.78 is 16.0. The molecule has 0 spiro atoms. The van der Waals surface area contributed by atoms with Gasteiger partial charge in [0, 0.05) is 6.54 Å². The minimum absolute atomic E-state index is 0.175. The normalized spacial score (nSPS) is 14.4. The molecular formula is C21H23NO5S. The molecule has 28 heavy (non-hydrogen) atoms. The molecule has 7 heteroatoms. The fourth-order valence-corrected chi connectivity index (χ4v) is 4.04. The van der Waals surface area contributed by atoms with Gasteiger partial charge in [-0.05, 0) is 35.7 Å². The molecule has 1 aliphatic rings. The molecule has 0 radical (unpaired) electrons. The Balaban J connectivity index is 2.02. The minimum Gasteiger partial charge on any atom is -0.493 e. The zero-order valence-electron chi connectivity index (χ0n) is 16.4. The van der Waals surface area contributed by atoms with E-state index in [9.17, 15) is 9.59 Å². The topological polar surface area (TPSA) is 69.0 Å². The van der Waals surface area contributed by atoms with Crippen molar-refractivity contribution in [1.29, 1.82) is 0 Å². The fraction of sp³-hybridized carbons (Fsp3) is 0.333. The molecule has 0 saturated heterocycles. The van der Waals surface area contributed by atoms with Gasteiger partial charge in [0.1, 0.15) is 5.76 Å². The van der Waals surface area contributed by atoms with Crippen LogP contribution in [0.15, 0.2) is 45.9 Å². The van der Waals surface area contributed by atoms with Crippen LogP contribution in [0, 0.1) is 5.92 Å². The molecule has 2 amide bonds. The van der Waals surface area contributed by atoms with Crippen molar-refractivity contribution in [3.63, 3.8) is 0 Å². The lowest BCUT2D eigenvalue weighted by molar-refractivity contribution is -0.137. The van der Waals surface area contributed by atoms with E-state index in [0.717, 1.165) is 5.76 Å². The molecule has 1 aliphatic heterocycles. The molecule has 3 rings (SSSR count). The molecule has 0 fully saturated rings. The summed E-state index contributed by atoms with van der Waals surface area (Å²) in [6.07, 6.45) is 1.59. The lowest BCUT2D eigenvalue weighted by atomic mass is 10.1. The van der Waals surface area contributed by atoms with E-state index in [1.165, 1.54) is 23.8 Å². The number of ether oxygens (including phenoxy) is 2. The Bertz CT molecular complexity index is 902. The van der Waals surface area contributed by atoms with Crippen LogP contribution in [0.5, 0.6) is 11.5 Å². The highest BCUT2D eigenvalue weighted by Crippen LogP contribution is 2.40. The van der Waals surface area contributed by atoms with E-state index < -0.39 is 0 Å². The molecule has 0 bridgehead atoms. The fourth-order valence-electron chi connectivity index (χ4n) is 3.00. The predicted molar refractivity (Wildman–Crippen MR) is 108 cm³/mol. The Hall–Kier alpha value is -2.67. The van der Waals surface area contributed by atoms with Crippen LogP contribution in [0.3, 0.4) is 0 Å². The van der Waals surface area contributed by atoms with E-state index in [1.54, 1.807) is 37.6 Å². The Morgan fingerprint density at radius 1 is 1.07 bits per heavy atom. The number of carbonyl (C=O) groups is 2. The summed E-state index contributed by atoms with van der Waals surface area (Å²) >= 11 is 1.31. The van der Waals surface area contributed by atoms with Crippen molar-refractivity contribution in [3.05, 3.63) is 52.8 Å². The van der Waals surface area contributed by atoms with Gasteiger partial charge >= 0.3 is 0 Å². The lowest BCUT2D eigenvalue weighted by Gasteiger charge is -2.17. The summed E-state index contributed by atoms with van der Waals surface area (Å²) in [7, 11) is 3.09. The maximum atomic E-state index is 13.1. The molecule has 1 aromatic carbocycles. The summed E-state index contributed by atoms with van der Waals surface area (Å²) in [6.45, 7) is 4.33. The summed E-state index contributed by atoms with van der Waals surface area (Å²) in [4.78, 5) is 27.9. The quantitative estimate of drug-likeness (QED) is 0.624. The summed E-state index contributed by atoms with van der Waals surface area (Å²) in [5.41, 5.74) is 1.02. The van der Waals surface area contributed by atoms with Crippen molar-refractivity contribution in [2.24, 2.45) is 5.92 Å². The monoisotopic (exact) mass is 401 g/mol. The number of methoxy groups -OCH3 is 2. The van der Waals surface area contributed by atoms with Crippen LogP contribution in [-0.2, 0) is 15.3 Å². The van der Waals surface area contributed by atoms with Crippen LogP contribution in [-0.4, -0.2) is 37.5 Å². The second-order valence-electron chi connectivity index (χ2n) is 6.76. The number of imide groups is 1. The first-order chi connectivity index (χ1) is 13.5. The highest BCUT2D eigenvalue weighted by atomic mass is 32.2. The number of thioether (sulfide) groups is 1. The van der Waals surface area contributed by atoms with Crippen LogP contribution in [0.1, 0.15) is 25.2 Å². The van der Waals surface area contributed by atoms with Crippen LogP contribution in [0.2, 0.25) is 0 Å². The van der Waals surface area contributed by atoms with Gasteiger partial charge in [-0.2, -0.15) is 0 Å². The standard InChI is InChI=1S/C21H23NO5S/c1-13(2)11-22-20(23)18(14-7-8-16(25-3)17(10-14)26-4)19(21(22)24)28-12-15-6-5-9-27-15/h5-10,13H,11-12H2,1-4H3. The van der Waals surface area contributed by atoms with Crippen molar-refractivity contribution in [2.45, 2.75) is 19.6 Å². The lowest BCUT2D eigenvalue weighted by Crippen LogP contribution is -2.34. The minimum atomic E-state index is -0.284. The third kappa shape index (κ3) is 3.94. The molecule has 6 nitrogen and oxygen atoms in total. The molecule has 0 N–H and O–H groups in total. The largest absolute Gasteiger partial charge is 0.493 e. The SMILES string of the molecule is COc1ccc(C2=C(SCc3ccco3)C(=O)N(CC(C)C)C2=O)cc1OC. The maximum absolute atomic E-state index is 13.1. The summed E-state index contributed by atoms with van der Waals surface area (Å²) in [5.74, 6) is 1.90. The molecular weight excluding hydrogens is 378 g/mol. The Kier molecular flexibility index (Phi) is 6.14. The van der Waals surface area contributed by atoms with E-state index in [1.807, 2.05) is 19.9 Å². The number of nitrogens with zero attached hydrogens (tertiary/aromatic N) is 1. The summed E-state index contributed by atoms with van der Waals surface area (Å²) in [6, 6.07) is 8.88. The summed E-state index contributed by atoms with van der Waals surface area (Å²) in [5, 5.41) is 0. The third-order valence-corrected chi connectivity index (χ3v) is 5.38. The number of carbonyl (C=O) groups excluding carboxylic acids is 2. The van der Waals surface area contributed by atoms with E-state index >= 15 is 0 Å². The van der Waals surface area contributed by atoms with E-state index in [4.69, 9.17) is 13.9 Å². The van der Waals surface area contributed by atoms with E-state index in [0.29, 0.717) is 39.8 Å². The molecule has 2 aromatic rings. The zero-order chi connectivity index (χ0) is 20.3. The first-order valence-electron chi connectivity index (χ1n) is 8.94. The Morgan fingerprint density at radius 3 is 2.43 bits per heavy atom. The zero-order valence-corrected chi connectivity index (χ0v) is 17.2. The molecule has 0 aliphatic carbocycles. The third-order valence-electron chi connectivity index (χ3n) is 4.28. The van der Waals surface area contributed by atoms with Gasteiger partial charge in [0.05, 0.1) is 36.7 Å². The second kappa shape index (κ2) is 8.56. The Labute approximate surface area is 168 Å². The number of benzene rings is 1. The van der Waals surface area contributed by atoms with Gasteiger partial charge in [0.25, 0.3) is 11.8 Å². The van der Waals surface area contributed by atoms with Crippen molar-refractivity contribution in [3.8, 4) is 11.5 Å². The van der Waals surface area contributed by atoms with Crippen molar-refractivity contribution >= 4 is 29.1 Å². The highest BCUT2D eigenvalue weighted by molar-refractivity contribution is 8.03. The van der Waals surface area contributed by atoms with Gasteiger partial charge in [-0.15, -0.1) is 11.8 Å². The van der Waals surface area contributed by atoms with Crippen molar-refractivity contribution in [1.82, 2.24) is 4.90 Å². The molecule has 1 aromatic heterocycles. The predicted octanol–water partition coefficient (Wildman–Crippen LogP) is 3.97. The maximum Gasteiger partial charge on any atom is 0.268 e. The number of rotatable bonds is 8. The molecule has 2 heterocycles. The molecule has 0 saturated carbocycles. The van der Waals surface area contributed by atoms with Gasteiger partial charge in [-0.3, -0.25) is 14.5 Å². The van der Waals surface area contributed by atoms with Crippen LogP contribution in [0.25, 0.3) is 5.57 Å². The average Bonchev–Trinajstić information content (AvgIpc) is 3.28. The molecule has 0 atom stereocenters. The van der Waals surface area contributed by atoms with Gasteiger partial charge in [-0.1, -0.05) is 19.9 Å². The average molecular weight is 401 g/mol. The number of hydrogen-bond donors (Lipinski definition) is 0. The van der Waals surface area contributed by atoms with Gasteiger partial charge in [0.15, 0.2) is 11.5 Å². The second-order valence-corrected chi connectivity index (χ2v) is 7.74. The van der Waals surface area contributed by atoms with Gasteiger partial charge in [0.2, 0.25) is 0 Å². The molecule has 0 unspecified atom stereocenters. The van der Waals surface area contributed by atoms with Crippen LogP contribution < -0.4 is 9.47 Å². The highest BCUT2D eigenvalue weighted by Gasteiger charge is 2.39. The number of hydrogen-bond acceptors (Lipinski definition) is 6. The van der Waals surface area contributed by atoms with Crippen LogP contribution in [0.4, 0.5) is 0 Å². The van der Waals surface area contributed by atoms with Crippen LogP contribution >= 0.6 is 11.8 Å². The first kappa shape index (κ1) is 20.1. The van der Waals surface area contributed by atoms with E-state index in [-0.39, 0.29) is 17.7 Å². The van der Waals surface area contributed by atoms with Crippen molar-refractivity contribution < 1.29 is 23.5 Å². The molecule has 148 valence electrons.